The molecule has 1 aliphatic rings. The monoisotopic (exact) mass is 284 g/mol. The first-order valence-corrected chi connectivity index (χ1v) is 7.17. The molecule has 2 rings (SSSR count). The fraction of sp³-hybridized carbons (Fsp3) is 0.667. The number of carbonyl (C=O) groups is 1. The molecule has 19 heavy (non-hydrogen) atoms. The number of likely N-dealkylation sites (N-methyl/N-ethyl adjacent to an activating group) is 1. The summed E-state index contributed by atoms with van der Waals surface area (Å²) >= 11 is 1.45. The highest BCUT2D eigenvalue weighted by Gasteiger charge is 2.32. The Morgan fingerprint density at radius 2 is 2.05 bits per heavy atom. The Balaban J connectivity index is 2.00. The number of aliphatic carboxylic acids is 1. The van der Waals surface area contributed by atoms with Gasteiger partial charge in [-0.1, -0.05) is 0 Å². The Kier molecular flexibility index (Phi) is 4.07. The maximum absolute atomic E-state index is 11.2. The molecule has 6 nitrogen and oxygen atoms in total. The van der Waals surface area contributed by atoms with Gasteiger partial charge in [0.25, 0.3) is 0 Å². The Hall–Kier alpha value is -1.18. The third-order valence-corrected chi connectivity index (χ3v) is 4.18. The SMILES string of the molecule is CN1CCN(Nc2nc(C(C)(C)C(=O)O)cs2)CC1. The van der Waals surface area contributed by atoms with E-state index in [-0.39, 0.29) is 0 Å². The molecule has 2 N–H and O–H groups in total. The standard InChI is InChI=1S/C12H20N4O2S/c1-12(2,10(17)18)9-8-19-11(13-9)14-16-6-4-15(3)5-7-16/h8H,4-7H2,1-3H3,(H,13,14)(H,17,18). The molecule has 1 aromatic heterocycles. The average molecular weight is 284 g/mol. The second-order valence-corrected chi connectivity index (χ2v) is 6.23. The van der Waals surface area contributed by atoms with Crippen LogP contribution in [0.2, 0.25) is 0 Å². The maximum Gasteiger partial charge on any atom is 0.315 e. The normalized spacial score (nSPS) is 18.5. The molecule has 0 bridgehead atoms. The molecule has 0 amide bonds. The topological polar surface area (TPSA) is 68.7 Å². The minimum absolute atomic E-state index is 0.599. The Bertz CT molecular complexity index is 452. The van der Waals surface area contributed by atoms with Gasteiger partial charge in [-0.25, -0.2) is 9.99 Å². The van der Waals surface area contributed by atoms with Gasteiger partial charge < -0.3 is 10.0 Å². The van der Waals surface area contributed by atoms with Crippen LogP contribution in [0.1, 0.15) is 19.5 Å². The summed E-state index contributed by atoms with van der Waals surface area (Å²) in [5.74, 6) is -0.857. The van der Waals surface area contributed by atoms with Crippen molar-refractivity contribution >= 4 is 22.4 Å². The lowest BCUT2D eigenvalue weighted by Crippen LogP contribution is -2.46. The molecule has 0 radical (unpaired) electrons. The molecule has 1 saturated heterocycles. The minimum atomic E-state index is -0.946. The predicted octanol–water partition coefficient (Wildman–Crippen LogP) is 1.08. The van der Waals surface area contributed by atoms with Crippen LogP contribution in [0.15, 0.2) is 5.38 Å². The van der Waals surface area contributed by atoms with Gasteiger partial charge in [0.1, 0.15) is 5.41 Å². The number of hydrogen-bond acceptors (Lipinski definition) is 6. The van der Waals surface area contributed by atoms with Crippen molar-refractivity contribution in [2.45, 2.75) is 19.3 Å². The van der Waals surface area contributed by atoms with Crippen LogP contribution >= 0.6 is 11.3 Å². The van der Waals surface area contributed by atoms with Gasteiger partial charge in [-0.05, 0) is 20.9 Å². The summed E-state index contributed by atoms with van der Waals surface area (Å²) < 4.78 is 0. The number of aromatic nitrogens is 1. The maximum atomic E-state index is 11.2. The summed E-state index contributed by atoms with van der Waals surface area (Å²) in [6.45, 7) is 7.26. The fourth-order valence-corrected chi connectivity index (χ4v) is 2.68. The number of nitrogens with zero attached hydrogens (tertiary/aromatic N) is 3. The summed E-state index contributed by atoms with van der Waals surface area (Å²) in [5.41, 5.74) is 2.91. The van der Waals surface area contributed by atoms with Crippen LogP contribution in [0, 0.1) is 0 Å². The number of anilines is 1. The Morgan fingerprint density at radius 1 is 1.42 bits per heavy atom. The highest BCUT2D eigenvalue weighted by atomic mass is 32.1. The molecule has 0 unspecified atom stereocenters. The molecule has 1 aliphatic heterocycles. The van der Waals surface area contributed by atoms with E-state index in [1.807, 2.05) is 5.38 Å². The lowest BCUT2D eigenvalue weighted by molar-refractivity contribution is -0.142. The molecule has 0 saturated carbocycles. The fourth-order valence-electron chi connectivity index (χ4n) is 1.78. The van der Waals surface area contributed by atoms with E-state index in [0.29, 0.717) is 5.69 Å². The van der Waals surface area contributed by atoms with E-state index in [1.54, 1.807) is 13.8 Å². The summed E-state index contributed by atoms with van der Waals surface area (Å²) in [7, 11) is 2.11. The zero-order valence-electron chi connectivity index (χ0n) is 11.5. The number of hydrogen-bond donors (Lipinski definition) is 2. The smallest absolute Gasteiger partial charge is 0.315 e. The first-order chi connectivity index (χ1) is 8.89. The van der Waals surface area contributed by atoms with E-state index >= 15 is 0 Å². The zero-order chi connectivity index (χ0) is 14.0. The zero-order valence-corrected chi connectivity index (χ0v) is 12.3. The van der Waals surface area contributed by atoms with E-state index in [9.17, 15) is 9.90 Å². The van der Waals surface area contributed by atoms with Gasteiger partial charge in [-0.3, -0.25) is 10.2 Å². The van der Waals surface area contributed by atoms with Gasteiger partial charge in [-0.15, -0.1) is 11.3 Å². The largest absolute Gasteiger partial charge is 0.481 e. The molecule has 1 aromatic rings. The summed E-state index contributed by atoms with van der Waals surface area (Å²) in [6.07, 6.45) is 0. The highest BCUT2D eigenvalue weighted by molar-refractivity contribution is 7.13. The third-order valence-electron chi connectivity index (χ3n) is 3.44. The molecule has 7 heteroatoms. The van der Waals surface area contributed by atoms with Gasteiger partial charge in [-0.2, -0.15) is 0 Å². The molecule has 2 heterocycles. The van der Waals surface area contributed by atoms with Crippen molar-refractivity contribution in [2.75, 3.05) is 38.7 Å². The van der Waals surface area contributed by atoms with Gasteiger partial charge in [0.05, 0.1) is 5.69 Å². The predicted molar refractivity (Wildman–Crippen MR) is 75.5 cm³/mol. The molecule has 106 valence electrons. The van der Waals surface area contributed by atoms with Crippen molar-refractivity contribution in [3.05, 3.63) is 11.1 Å². The molecule has 0 spiro atoms. The lowest BCUT2D eigenvalue weighted by atomic mass is 9.91. The van der Waals surface area contributed by atoms with Crippen LogP contribution in [-0.4, -0.2) is 59.2 Å². The number of thiazole rings is 1. The second kappa shape index (κ2) is 5.44. The van der Waals surface area contributed by atoms with Crippen molar-refractivity contribution in [2.24, 2.45) is 0 Å². The Morgan fingerprint density at radius 3 is 2.63 bits per heavy atom. The highest BCUT2D eigenvalue weighted by Crippen LogP contribution is 2.27. The van der Waals surface area contributed by atoms with Gasteiger partial charge in [0.15, 0.2) is 5.13 Å². The lowest BCUT2D eigenvalue weighted by Gasteiger charge is -2.32. The molecular weight excluding hydrogens is 264 g/mol. The first-order valence-electron chi connectivity index (χ1n) is 6.29. The Labute approximate surface area is 117 Å². The van der Waals surface area contributed by atoms with Crippen molar-refractivity contribution < 1.29 is 9.90 Å². The first kappa shape index (κ1) is 14.2. The molecule has 0 aliphatic carbocycles. The number of rotatable bonds is 4. The summed E-state index contributed by atoms with van der Waals surface area (Å²) in [5, 5.41) is 13.9. The van der Waals surface area contributed by atoms with E-state index in [1.165, 1.54) is 11.3 Å². The molecular formula is C12H20N4O2S. The van der Waals surface area contributed by atoms with E-state index in [4.69, 9.17) is 0 Å². The van der Waals surface area contributed by atoms with Crippen molar-refractivity contribution in [1.29, 1.82) is 0 Å². The number of carboxylic acid groups (broad SMARTS) is 1. The van der Waals surface area contributed by atoms with Crippen LogP contribution < -0.4 is 5.43 Å². The van der Waals surface area contributed by atoms with E-state index < -0.39 is 11.4 Å². The van der Waals surface area contributed by atoms with Gasteiger partial charge in [0, 0.05) is 31.6 Å². The van der Waals surface area contributed by atoms with Crippen LogP contribution in [-0.2, 0) is 10.2 Å². The van der Waals surface area contributed by atoms with Crippen molar-refractivity contribution in [3.8, 4) is 0 Å². The molecule has 0 atom stereocenters. The summed E-state index contributed by atoms with van der Waals surface area (Å²) in [6, 6.07) is 0. The minimum Gasteiger partial charge on any atom is -0.481 e. The van der Waals surface area contributed by atoms with Gasteiger partial charge >= 0.3 is 5.97 Å². The quantitative estimate of drug-likeness (QED) is 0.862. The average Bonchev–Trinajstić information content (AvgIpc) is 2.81. The van der Waals surface area contributed by atoms with Crippen molar-refractivity contribution in [1.82, 2.24) is 14.9 Å². The number of nitrogens with one attached hydrogen (secondary N) is 1. The van der Waals surface area contributed by atoms with Gasteiger partial charge in [0.2, 0.25) is 0 Å². The van der Waals surface area contributed by atoms with E-state index in [0.717, 1.165) is 31.3 Å². The van der Waals surface area contributed by atoms with Crippen LogP contribution in [0.5, 0.6) is 0 Å². The van der Waals surface area contributed by atoms with Crippen LogP contribution in [0.3, 0.4) is 0 Å². The third kappa shape index (κ3) is 3.23. The van der Waals surface area contributed by atoms with Crippen LogP contribution in [0.4, 0.5) is 5.13 Å². The molecule has 0 aromatic carbocycles. The van der Waals surface area contributed by atoms with E-state index in [2.05, 4.69) is 27.4 Å². The second-order valence-electron chi connectivity index (χ2n) is 5.37. The number of carboxylic acids is 1. The number of hydrazine groups is 1. The number of piperazine rings is 1. The van der Waals surface area contributed by atoms with Crippen LogP contribution in [0.25, 0.3) is 0 Å². The van der Waals surface area contributed by atoms with Crippen molar-refractivity contribution in [3.63, 3.8) is 0 Å². The molecule has 1 fully saturated rings. The summed E-state index contributed by atoms with van der Waals surface area (Å²) in [4.78, 5) is 17.8.